The van der Waals surface area contributed by atoms with Crippen LogP contribution in [0, 0.1) is 6.92 Å². The predicted octanol–water partition coefficient (Wildman–Crippen LogP) is 5.48. The molecule has 4 aromatic rings. The van der Waals surface area contributed by atoms with E-state index in [-0.39, 0.29) is 11.7 Å². The van der Waals surface area contributed by atoms with Gasteiger partial charge in [0.1, 0.15) is 0 Å². The van der Waals surface area contributed by atoms with Gasteiger partial charge in [-0.25, -0.2) is 9.67 Å². The molecule has 1 heterocycles. The molecular formula is C23H18Cl2N4O. The lowest BCUT2D eigenvalue weighted by Crippen LogP contribution is -2.24. The molecule has 30 heavy (non-hydrogen) atoms. The number of nitrogens with one attached hydrogen (secondary N) is 1. The Bertz CT molecular complexity index is 1190. The number of hydrogen-bond donors (Lipinski definition) is 1. The van der Waals surface area contributed by atoms with Crippen LogP contribution < -0.4 is 5.32 Å². The molecule has 0 fully saturated rings. The van der Waals surface area contributed by atoms with Crippen LogP contribution in [0.25, 0.3) is 17.1 Å². The van der Waals surface area contributed by atoms with Crippen LogP contribution in [0.4, 0.5) is 0 Å². The fourth-order valence-electron chi connectivity index (χ4n) is 2.95. The van der Waals surface area contributed by atoms with E-state index >= 15 is 0 Å². The average molecular weight is 437 g/mol. The van der Waals surface area contributed by atoms with Gasteiger partial charge in [-0.3, -0.25) is 4.79 Å². The van der Waals surface area contributed by atoms with Crippen molar-refractivity contribution in [2.45, 2.75) is 13.5 Å². The largest absolute Gasteiger partial charge is 0.345 e. The van der Waals surface area contributed by atoms with Crippen molar-refractivity contribution in [3.05, 3.63) is 99.8 Å². The molecule has 1 N–H and O–H groups in total. The number of carbonyl (C=O) groups excluding carboxylic acids is 1. The predicted molar refractivity (Wildman–Crippen MR) is 119 cm³/mol. The highest BCUT2D eigenvalue weighted by atomic mass is 35.5. The highest BCUT2D eigenvalue weighted by Gasteiger charge is 2.19. The standard InChI is InChI=1S/C23H18Cl2N4O/c1-15-7-9-17(10-8-15)22-27-21(23(30)26-14-16-5-3-2-4-6-16)28-29(22)18-11-12-19(24)20(25)13-18/h2-13H,14H2,1H3,(H,26,30). The topological polar surface area (TPSA) is 59.8 Å². The minimum absolute atomic E-state index is 0.0765. The minimum Gasteiger partial charge on any atom is -0.345 e. The van der Waals surface area contributed by atoms with Gasteiger partial charge in [-0.1, -0.05) is 83.4 Å². The lowest BCUT2D eigenvalue weighted by Gasteiger charge is -2.07. The number of nitrogens with zero attached hydrogens (tertiary/aromatic N) is 3. The molecule has 1 aromatic heterocycles. The minimum atomic E-state index is -0.356. The first-order chi connectivity index (χ1) is 14.5. The third kappa shape index (κ3) is 4.37. The van der Waals surface area contributed by atoms with Crippen LogP contribution in [0.5, 0.6) is 0 Å². The molecular weight excluding hydrogens is 419 g/mol. The van der Waals surface area contributed by atoms with Crippen LogP contribution in [-0.4, -0.2) is 20.7 Å². The highest BCUT2D eigenvalue weighted by molar-refractivity contribution is 6.42. The summed E-state index contributed by atoms with van der Waals surface area (Å²) in [6.45, 7) is 2.40. The van der Waals surface area contributed by atoms with Gasteiger partial charge in [0.15, 0.2) is 5.82 Å². The van der Waals surface area contributed by atoms with E-state index in [1.165, 1.54) is 0 Å². The number of aryl methyl sites for hydroxylation is 1. The zero-order valence-corrected chi connectivity index (χ0v) is 17.7. The zero-order chi connectivity index (χ0) is 21.1. The molecule has 0 saturated carbocycles. The number of benzene rings is 3. The summed E-state index contributed by atoms with van der Waals surface area (Å²) in [5, 5.41) is 8.16. The van der Waals surface area contributed by atoms with E-state index in [1.54, 1.807) is 22.9 Å². The van der Waals surface area contributed by atoms with Crippen molar-refractivity contribution >= 4 is 29.1 Å². The number of carbonyl (C=O) groups is 1. The van der Waals surface area contributed by atoms with Crippen molar-refractivity contribution in [2.24, 2.45) is 0 Å². The smallest absolute Gasteiger partial charge is 0.291 e. The maximum Gasteiger partial charge on any atom is 0.291 e. The lowest BCUT2D eigenvalue weighted by atomic mass is 10.1. The first-order valence-corrected chi connectivity index (χ1v) is 10.1. The average Bonchev–Trinajstić information content (AvgIpc) is 3.21. The summed E-state index contributed by atoms with van der Waals surface area (Å²) < 4.78 is 1.60. The molecule has 0 spiro atoms. The number of hydrogen-bond acceptors (Lipinski definition) is 3. The number of rotatable bonds is 5. The van der Waals surface area contributed by atoms with Crippen molar-refractivity contribution in [1.82, 2.24) is 20.1 Å². The summed E-state index contributed by atoms with van der Waals surface area (Å²) in [5.41, 5.74) is 3.62. The van der Waals surface area contributed by atoms with Gasteiger partial charge in [0, 0.05) is 12.1 Å². The Morgan fingerprint density at radius 2 is 1.70 bits per heavy atom. The summed E-state index contributed by atoms with van der Waals surface area (Å²) >= 11 is 12.3. The molecule has 0 unspecified atom stereocenters. The SMILES string of the molecule is Cc1ccc(-c2nc(C(=O)NCc3ccccc3)nn2-c2ccc(Cl)c(Cl)c2)cc1. The molecule has 0 aliphatic heterocycles. The summed E-state index contributed by atoms with van der Waals surface area (Å²) in [6.07, 6.45) is 0. The van der Waals surface area contributed by atoms with Crippen molar-refractivity contribution in [2.75, 3.05) is 0 Å². The van der Waals surface area contributed by atoms with Crippen LogP contribution in [0.2, 0.25) is 10.0 Å². The normalized spacial score (nSPS) is 10.8. The molecule has 5 nitrogen and oxygen atoms in total. The van der Waals surface area contributed by atoms with Gasteiger partial charge in [0.05, 0.1) is 15.7 Å². The first-order valence-electron chi connectivity index (χ1n) is 9.33. The molecule has 0 atom stereocenters. The monoisotopic (exact) mass is 436 g/mol. The van der Waals surface area contributed by atoms with Gasteiger partial charge in [-0.2, -0.15) is 0 Å². The Morgan fingerprint density at radius 1 is 0.967 bits per heavy atom. The van der Waals surface area contributed by atoms with E-state index in [0.717, 1.165) is 16.7 Å². The first kappa shape index (κ1) is 20.1. The molecule has 0 aliphatic carbocycles. The molecule has 0 radical (unpaired) electrons. The quantitative estimate of drug-likeness (QED) is 0.450. The van der Waals surface area contributed by atoms with E-state index in [9.17, 15) is 4.79 Å². The maximum absolute atomic E-state index is 12.7. The van der Waals surface area contributed by atoms with Gasteiger partial charge < -0.3 is 5.32 Å². The van der Waals surface area contributed by atoms with Gasteiger partial charge >= 0.3 is 0 Å². The van der Waals surface area contributed by atoms with E-state index in [0.29, 0.717) is 28.1 Å². The van der Waals surface area contributed by atoms with Crippen LogP contribution in [0.1, 0.15) is 21.7 Å². The van der Waals surface area contributed by atoms with Gasteiger partial charge in [0.2, 0.25) is 5.82 Å². The van der Waals surface area contributed by atoms with E-state index in [4.69, 9.17) is 23.2 Å². The lowest BCUT2D eigenvalue weighted by molar-refractivity contribution is 0.0940. The second-order valence-electron chi connectivity index (χ2n) is 6.80. The van der Waals surface area contributed by atoms with E-state index in [1.807, 2.05) is 61.5 Å². The Hall–Kier alpha value is -3.15. The van der Waals surface area contributed by atoms with Crippen LogP contribution in [-0.2, 0) is 6.54 Å². The number of aromatic nitrogens is 3. The van der Waals surface area contributed by atoms with Crippen molar-refractivity contribution < 1.29 is 4.79 Å². The van der Waals surface area contributed by atoms with Crippen LogP contribution in [0.15, 0.2) is 72.8 Å². The molecule has 4 rings (SSSR count). The molecule has 150 valence electrons. The Balaban J connectivity index is 1.70. The summed E-state index contributed by atoms with van der Waals surface area (Å²) in [5.74, 6) is 0.261. The van der Waals surface area contributed by atoms with Crippen molar-refractivity contribution in [1.29, 1.82) is 0 Å². The van der Waals surface area contributed by atoms with Crippen molar-refractivity contribution in [3.8, 4) is 17.1 Å². The molecule has 0 aliphatic rings. The molecule has 3 aromatic carbocycles. The molecule has 0 saturated heterocycles. The fourth-order valence-corrected chi connectivity index (χ4v) is 3.24. The maximum atomic E-state index is 12.7. The zero-order valence-electron chi connectivity index (χ0n) is 16.1. The van der Waals surface area contributed by atoms with Crippen molar-refractivity contribution in [3.63, 3.8) is 0 Å². The van der Waals surface area contributed by atoms with Gasteiger partial charge in [0.25, 0.3) is 5.91 Å². The number of amides is 1. The second-order valence-corrected chi connectivity index (χ2v) is 7.62. The van der Waals surface area contributed by atoms with Crippen LogP contribution in [0.3, 0.4) is 0 Å². The van der Waals surface area contributed by atoms with Gasteiger partial charge in [-0.05, 0) is 30.7 Å². The van der Waals surface area contributed by atoms with E-state index < -0.39 is 0 Å². The Morgan fingerprint density at radius 3 is 2.40 bits per heavy atom. The third-order valence-electron chi connectivity index (χ3n) is 4.56. The molecule has 1 amide bonds. The third-order valence-corrected chi connectivity index (χ3v) is 5.30. The van der Waals surface area contributed by atoms with Gasteiger partial charge in [-0.15, -0.1) is 5.10 Å². The Kier molecular flexibility index (Phi) is 5.84. The van der Waals surface area contributed by atoms with Crippen LogP contribution >= 0.6 is 23.2 Å². The molecule has 7 heteroatoms. The fraction of sp³-hybridized carbons (Fsp3) is 0.0870. The molecule has 0 bridgehead atoms. The summed E-state index contributed by atoms with van der Waals surface area (Å²) in [4.78, 5) is 17.2. The Labute approximate surface area is 184 Å². The second kappa shape index (κ2) is 8.69. The number of halogens is 2. The summed E-state index contributed by atoms with van der Waals surface area (Å²) in [6, 6.07) is 22.7. The van der Waals surface area contributed by atoms with E-state index in [2.05, 4.69) is 15.4 Å². The highest BCUT2D eigenvalue weighted by Crippen LogP contribution is 2.27. The summed E-state index contributed by atoms with van der Waals surface area (Å²) in [7, 11) is 0.